The molecule has 3 rings (SSSR count). The molecule has 1 aromatic heterocycles. The standard InChI is InChI=1S/C24H28N4O2.ClH/c1-5-30-24(29)27-20-10-11-21(28-23(20)25)26-14-18-8-6-7-9-19(18)22-16(3)12-15(2)13-17(22)4;/h6-13H,5,14H2,1-4H3,(H,27,29)(H3,25,26,28);1H. The Morgan fingerprint density at radius 3 is 2.39 bits per heavy atom. The molecule has 0 aliphatic heterocycles. The molecule has 0 aliphatic rings. The van der Waals surface area contributed by atoms with Crippen molar-refractivity contribution in [2.45, 2.75) is 34.2 Å². The van der Waals surface area contributed by atoms with E-state index in [0.717, 1.165) is 5.82 Å². The Balaban J connectivity index is 0.00000341. The molecule has 0 radical (unpaired) electrons. The first-order chi connectivity index (χ1) is 14.4. The van der Waals surface area contributed by atoms with E-state index in [0.29, 0.717) is 24.7 Å². The van der Waals surface area contributed by atoms with E-state index in [9.17, 15) is 4.79 Å². The Bertz CT molecular complexity index is 1050. The summed E-state index contributed by atoms with van der Waals surface area (Å²) >= 11 is 0. The second-order valence-corrected chi connectivity index (χ2v) is 7.33. The lowest BCUT2D eigenvalue weighted by molar-refractivity contribution is -0.342. The monoisotopic (exact) mass is 440 g/mol. The van der Waals surface area contributed by atoms with Gasteiger partial charge in [-0.25, -0.2) is 9.78 Å². The molecule has 31 heavy (non-hydrogen) atoms. The number of anilines is 3. The molecule has 0 spiro atoms. The lowest BCUT2D eigenvalue weighted by Crippen LogP contribution is -3.00. The summed E-state index contributed by atoms with van der Waals surface area (Å²) in [6.07, 6.45) is -0.531. The molecule has 0 bridgehead atoms. The van der Waals surface area contributed by atoms with Gasteiger partial charge in [-0.3, -0.25) is 5.32 Å². The summed E-state index contributed by atoms with van der Waals surface area (Å²) in [5.41, 5.74) is 14.0. The van der Waals surface area contributed by atoms with Crippen LogP contribution < -0.4 is 33.8 Å². The fourth-order valence-electron chi connectivity index (χ4n) is 3.71. The van der Waals surface area contributed by atoms with Crippen LogP contribution in [0.1, 0.15) is 29.2 Å². The number of pyridine rings is 1. The number of aromatic amines is 1. The minimum Gasteiger partial charge on any atom is -1.00 e. The highest BCUT2D eigenvalue weighted by Crippen LogP contribution is 2.31. The normalized spacial score (nSPS) is 10.2. The van der Waals surface area contributed by atoms with Gasteiger partial charge in [0, 0.05) is 6.07 Å². The molecule has 0 aliphatic carbocycles. The van der Waals surface area contributed by atoms with E-state index in [1.165, 1.54) is 33.4 Å². The van der Waals surface area contributed by atoms with E-state index >= 15 is 0 Å². The van der Waals surface area contributed by atoms with Gasteiger partial charge in [0.25, 0.3) is 0 Å². The number of hydrogen-bond acceptors (Lipinski definition) is 4. The first kappa shape index (κ1) is 24.0. The van der Waals surface area contributed by atoms with Gasteiger partial charge in [-0.1, -0.05) is 42.0 Å². The minimum atomic E-state index is -0.531. The van der Waals surface area contributed by atoms with Crippen LogP contribution in [-0.2, 0) is 11.3 Å². The molecule has 3 aromatic rings. The average Bonchev–Trinajstić information content (AvgIpc) is 2.68. The molecule has 6 nitrogen and oxygen atoms in total. The highest BCUT2D eigenvalue weighted by molar-refractivity contribution is 5.87. The fourth-order valence-corrected chi connectivity index (χ4v) is 3.71. The maximum atomic E-state index is 11.6. The first-order valence-electron chi connectivity index (χ1n) is 10.0. The van der Waals surface area contributed by atoms with Crippen LogP contribution in [0.4, 0.5) is 22.1 Å². The number of benzene rings is 2. The van der Waals surface area contributed by atoms with Gasteiger partial charge in [0.15, 0.2) is 0 Å². The second kappa shape index (κ2) is 10.7. The van der Waals surface area contributed by atoms with Crippen molar-refractivity contribution in [3.63, 3.8) is 0 Å². The van der Waals surface area contributed by atoms with Crippen LogP contribution in [0.2, 0.25) is 0 Å². The Labute approximate surface area is 189 Å². The zero-order valence-corrected chi connectivity index (χ0v) is 19.1. The summed E-state index contributed by atoms with van der Waals surface area (Å²) in [5, 5.41) is 6.00. The molecular formula is C24H29ClN4O2. The van der Waals surface area contributed by atoms with E-state index in [4.69, 9.17) is 10.5 Å². The first-order valence-corrected chi connectivity index (χ1v) is 10.0. The zero-order chi connectivity index (χ0) is 21.7. The number of carbonyl (C=O) groups excluding carboxylic acids is 1. The Kier molecular flexibility index (Phi) is 8.28. The molecule has 0 fully saturated rings. The largest absolute Gasteiger partial charge is 1.00 e. The highest BCUT2D eigenvalue weighted by atomic mass is 35.5. The molecule has 1 heterocycles. The van der Waals surface area contributed by atoms with Crippen molar-refractivity contribution in [1.82, 2.24) is 0 Å². The Morgan fingerprint density at radius 2 is 1.74 bits per heavy atom. The van der Waals surface area contributed by atoms with Crippen molar-refractivity contribution in [2.75, 3.05) is 23.0 Å². The van der Waals surface area contributed by atoms with Crippen LogP contribution in [0.25, 0.3) is 11.1 Å². The summed E-state index contributed by atoms with van der Waals surface area (Å²) in [5.74, 6) is 1.11. The number of amides is 1. The molecule has 1 amide bonds. The fraction of sp³-hybridized carbons (Fsp3) is 0.250. The second-order valence-electron chi connectivity index (χ2n) is 7.33. The SMILES string of the molecule is CCOC(=O)Nc1ccc(NCc2ccccc2-c2c(C)cc(C)cc2C)[nH+]c1N.[Cl-]. The predicted octanol–water partition coefficient (Wildman–Crippen LogP) is 1.86. The Morgan fingerprint density at radius 1 is 1.06 bits per heavy atom. The lowest BCUT2D eigenvalue weighted by Gasteiger charge is -2.15. The number of H-pyrrole nitrogens is 1. The van der Waals surface area contributed by atoms with Crippen molar-refractivity contribution in [3.8, 4) is 11.1 Å². The summed E-state index contributed by atoms with van der Waals surface area (Å²) in [4.78, 5) is 14.7. The molecule has 0 atom stereocenters. The molecular weight excluding hydrogens is 412 g/mol. The van der Waals surface area contributed by atoms with Crippen LogP contribution in [0, 0.1) is 20.8 Å². The van der Waals surface area contributed by atoms with Crippen LogP contribution in [0.5, 0.6) is 0 Å². The van der Waals surface area contributed by atoms with Crippen molar-refractivity contribution < 1.29 is 26.9 Å². The van der Waals surface area contributed by atoms with Gasteiger partial charge >= 0.3 is 6.09 Å². The average molecular weight is 441 g/mol. The van der Waals surface area contributed by atoms with Gasteiger partial charge in [-0.2, -0.15) is 0 Å². The third kappa shape index (κ3) is 5.89. The van der Waals surface area contributed by atoms with Gasteiger partial charge in [0.2, 0.25) is 11.6 Å². The Hall–Kier alpha value is -3.25. The van der Waals surface area contributed by atoms with Crippen LogP contribution in [-0.4, -0.2) is 12.7 Å². The van der Waals surface area contributed by atoms with E-state index in [2.05, 4.69) is 66.7 Å². The number of rotatable bonds is 6. The maximum Gasteiger partial charge on any atom is 0.411 e. The van der Waals surface area contributed by atoms with E-state index in [-0.39, 0.29) is 12.4 Å². The number of nitrogens with one attached hydrogen (secondary N) is 3. The van der Waals surface area contributed by atoms with Crippen molar-refractivity contribution >= 4 is 23.4 Å². The van der Waals surface area contributed by atoms with Gasteiger partial charge in [-0.15, -0.1) is 0 Å². The topological polar surface area (TPSA) is 90.5 Å². The van der Waals surface area contributed by atoms with Crippen molar-refractivity contribution in [2.24, 2.45) is 0 Å². The number of nitrogen functional groups attached to an aromatic ring is 1. The zero-order valence-electron chi connectivity index (χ0n) is 18.3. The van der Waals surface area contributed by atoms with Crippen LogP contribution in [0.15, 0.2) is 48.5 Å². The summed E-state index contributed by atoms with van der Waals surface area (Å²) in [7, 11) is 0. The maximum absolute atomic E-state index is 11.6. The van der Waals surface area contributed by atoms with Crippen LogP contribution >= 0.6 is 0 Å². The highest BCUT2D eigenvalue weighted by Gasteiger charge is 2.13. The smallest absolute Gasteiger partial charge is 0.411 e. The summed E-state index contributed by atoms with van der Waals surface area (Å²) in [6.45, 7) is 9.11. The summed E-state index contributed by atoms with van der Waals surface area (Å²) < 4.78 is 4.88. The molecule has 0 saturated heterocycles. The molecule has 0 unspecified atom stereocenters. The third-order valence-corrected chi connectivity index (χ3v) is 4.92. The quantitative estimate of drug-likeness (QED) is 0.545. The number of halogens is 1. The van der Waals surface area contributed by atoms with Crippen LogP contribution in [0.3, 0.4) is 0 Å². The number of nitrogens with two attached hydrogens (primary N) is 1. The van der Waals surface area contributed by atoms with Gasteiger partial charge in [0.1, 0.15) is 5.69 Å². The molecule has 7 heteroatoms. The number of aromatic nitrogens is 1. The van der Waals surface area contributed by atoms with Crippen molar-refractivity contribution in [3.05, 3.63) is 70.8 Å². The van der Waals surface area contributed by atoms with Gasteiger partial charge in [-0.05, 0) is 61.6 Å². The van der Waals surface area contributed by atoms with E-state index < -0.39 is 6.09 Å². The summed E-state index contributed by atoms with van der Waals surface area (Å²) in [6, 6.07) is 16.4. The van der Waals surface area contributed by atoms with Gasteiger partial charge in [0.05, 0.1) is 13.2 Å². The molecule has 2 aromatic carbocycles. The third-order valence-electron chi connectivity index (χ3n) is 4.92. The lowest BCUT2D eigenvalue weighted by atomic mass is 9.91. The van der Waals surface area contributed by atoms with E-state index in [1.54, 1.807) is 13.0 Å². The predicted molar refractivity (Wildman–Crippen MR) is 121 cm³/mol. The minimum absolute atomic E-state index is 0. The number of ether oxygens (including phenoxy) is 1. The van der Waals surface area contributed by atoms with Crippen molar-refractivity contribution in [1.29, 1.82) is 0 Å². The molecule has 5 N–H and O–H groups in total. The number of aryl methyl sites for hydroxylation is 3. The van der Waals surface area contributed by atoms with E-state index in [1.807, 2.05) is 12.1 Å². The molecule has 0 saturated carbocycles. The molecule has 164 valence electrons. The van der Waals surface area contributed by atoms with Gasteiger partial charge < -0.3 is 28.2 Å². The number of carbonyl (C=O) groups is 1. The number of hydrogen-bond donors (Lipinski definition) is 3.